The zero-order chi connectivity index (χ0) is 13.2. The van der Waals surface area contributed by atoms with Gasteiger partial charge in [-0.2, -0.15) is 0 Å². The molecule has 0 unspecified atom stereocenters. The van der Waals surface area contributed by atoms with Crippen LogP contribution < -0.4 is 5.32 Å². The Morgan fingerprint density at radius 1 is 1.32 bits per heavy atom. The fourth-order valence-corrected chi connectivity index (χ4v) is 2.98. The van der Waals surface area contributed by atoms with E-state index in [0.717, 1.165) is 23.0 Å². The van der Waals surface area contributed by atoms with Crippen molar-refractivity contribution in [1.82, 2.24) is 20.2 Å². The molecule has 0 amide bonds. The molecule has 2 N–H and O–H groups in total. The lowest BCUT2D eigenvalue weighted by atomic mass is 10.0. The van der Waals surface area contributed by atoms with E-state index < -0.39 is 0 Å². The van der Waals surface area contributed by atoms with Crippen molar-refractivity contribution in [1.29, 1.82) is 0 Å². The zero-order valence-electron chi connectivity index (χ0n) is 10.7. The average molecular weight is 272 g/mol. The van der Waals surface area contributed by atoms with Crippen molar-refractivity contribution in [2.75, 3.05) is 6.54 Å². The highest BCUT2D eigenvalue weighted by Crippen LogP contribution is 2.37. The van der Waals surface area contributed by atoms with Crippen molar-refractivity contribution in [2.24, 2.45) is 0 Å². The summed E-state index contributed by atoms with van der Waals surface area (Å²) in [6, 6.07) is 10.3. The largest absolute Gasteiger partial charge is 0.363 e. The van der Waals surface area contributed by atoms with E-state index in [2.05, 4.69) is 33.2 Å². The van der Waals surface area contributed by atoms with Gasteiger partial charge >= 0.3 is 0 Å². The van der Waals surface area contributed by atoms with Crippen molar-refractivity contribution < 1.29 is 0 Å². The monoisotopic (exact) mass is 272 g/mol. The van der Waals surface area contributed by atoms with Gasteiger partial charge in [0.2, 0.25) is 0 Å². The Labute approximate surface area is 117 Å². The van der Waals surface area contributed by atoms with Crippen LogP contribution in [0.2, 0.25) is 0 Å². The number of rotatable bonds is 3. The molecule has 1 fully saturated rings. The average Bonchev–Trinajstić information content (AvgIpc) is 3.06. The Bertz CT molecular complexity index is 552. The highest BCUT2D eigenvalue weighted by molar-refractivity contribution is 7.80. The van der Waals surface area contributed by atoms with E-state index in [9.17, 15) is 0 Å². The number of H-pyrrole nitrogens is 1. The molecule has 3 rings (SSSR count). The van der Waals surface area contributed by atoms with Crippen molar-refractivity contribution in [3.63, 3.8) is 0 Å². The summed E-state index contributed by atoms with van der Waals surface area (Å²) >= 11 is 5.44. The number of nitrogens with one attached hydrogen (secondary N) is 2. The van der Waals surface area contributed by atoms with Gasteiger partial charge in [0, 0.05) is 24.6 Å². The third kappa shape index (κ3) is 2.10. The predicted octanol–water partition coefficient (Wildman–Crippen LogP) is 2.40. The first-order chi connectivity index (χ1) is 9.31. The minimum absolute atomic E-state index is 0.0901. The minimum Gasteiger partial charge on any atom is -0.363 e. The van der Waals surface area contributed by atoms with Crippen LogP contribution in [0.25, 0.3) is 0 Å². The van der Waals surface area contributed by atoms with Gasteiger partial charge in [-0.15, -0.1) is 0 Å². The SMILES string of the molecule is CCN1C(=S)N[C@@H](c2ccccn2)[C@H]1c1ccc[nH]1. The van der Waals surface area contributed by atoms with Crippen molar-refractivity contribution >= 4 is 17.3 Å². The quantitative estimate of drug-likeness (QED) is 0.842. The number of likely N-dealkylation sites (N-methyl/N-ethyl adjacent to an activating group) is 1. The maximum atomic E-state index is 5.44. The van der Waals surface area contributed by atoms with Crippen LogP contribution in [0.3, 0.4) is 0 Å². The van der Waals surface area contributed by atoms with Gasteiger partial charge in [0.15, 0.2) is 5.11 Å². The first-order valence-electron chi connectivity index (χ1n) is 6.42. The number of aromatic amines is 1. The van der Waals surface area contributed by atoms with Crippen LogP contribution >= 0.6 is 12.2 Å². The molecule has 19 heavy (non-hydrogen) atoms. The van der Waals surface area contributed by atoms with E-state index in [1.807, 2.05) is 36.7 Å². The van der Waals surface area contributed by atoms with Gasteiger partial charge in [0.05, 0.1) is 17.8 Å². The summed E-state index contributed by atoms with van der Waals surface area (Å²) in [5, 5.41) is 4.17. The van der Waals surface area contributed by atoms with Crippen LogP contribution in [0.15, 0.2) is 42.7 Å². The molecule has 0 spiro atoms. The Morgan fingerprint density at radius 3 is 2.84 bits per heavy atom. The van der Waals surface area contributed by atoms with Crippen LogP contribution in [-0.4, -0.2) is 26.5 Å². The molecule has 98 valence electrons. The number of nitrogens with zero attached hydrogens (tertiary/aromatic N) is 2. The molecule has 2 aromatic rings. The van der Waals surface area contributed by atoms with E-state index in [1.165, 1.54) is 0 Å². The van der Waals surface area contributed by atoms with Crippen LogP contribution in [0.4, 0.5) is 0 Å². The van der Waals surface area contributed by atoms with Crippen molar-refractivity contribution in [3.05, 3.63) is 54.1 Å². The van der Waals surface area contributed by atoms with Crippen LogP contribution in [0.5, 0.6) is 0 Å². The van der Waals surface area contributed by atoms with Crippen LogP contribution in [0.1, 0.15) is 30.4 Å². The molecule has 0 saturated carbocycles. The first kappa shape index (κ1) is 12.2. The van der Waals surface area contributed by atoms with Gasteiger partial charge in [-0.25, -0.2) is 0 Å². The highest BCUT2D eigenvalue weighted by atomic mass is 32.1. The topological polar surface area (TPSA) is 44.0 Å². The maximum Gasteiger partial charge on any atom is 0.170 e. The second-order valence-corrected chi connectivity index (χ2v) is 4.92. The van der Waals surface area contributed by atoms with Gasteiger partial charge in [0.1, 0.15) is 0 Å². The van der Waals surface area contributed by atoms with Gasteiger partial charge in [-0.05, 0) is 43.4 Å². The lowest BCUT2D eigenvalue weighted by Crippen LogP contribution is -2.29. The molecule has 1 aliphatic heterocycles. The lowest BCUT2D eigenvalue weighted by Gasteiger charge is -2.25. The minimum atomic E-state index is 0.0901. The molecule has 3 heterocycles. The van der Waals surface area contributed by atoms with Gasteiger partial charge < -0.3 is 15.2 Å². The summed E-state index contributed by atoms with van der Waals surface area (Å²) in [4.78, 5) is 9.95. The number of hydrogen-bond acceptors (Lipinski definition) is 2. The molecule has 0 radical (unpaired) electrons. The molecule has 0 aromatic carbocycles. The summed E-state index contributed by atoms with van der Waals surface area (Å²) in [5.74, 6) is 0. The normalized spacial score (nSPS) is 22.6. The third-order valence-electron chi connectivity index (χ3n) is 3.48. The molecule has 0 bridgehead atoms. The fraction of sp³-hybridized carbons (Fsp3) is 0.286. The molecule has 2 aromatic heterocycles. The van der Waals surface area contributed by atoms with E-state index in [4.69, 9.17) is 12.2 Å². The maximum absolute atomic E-state index is 5.44. The molecule has 1 aliphatic rings. The second-order valence-electron chi connectivity index (χ2n) is 4.54. The Kier molecular flexibility index (Phi) is 3.21. The molecule has 5 heteroatoms. The second kappa shape index (κ2) is 5.01. The van der Waals surface area contributed by atoms with Crippen LogP contribution in [-0.2, 0) is 0 Å². The zero-order valence-corrected chi connectivity index (χ0v) is 11.5. The fourth-order valence-electron chi connectivity index (χ4n) is 2.61. The number of thiocarbonyl (C=S) groups is 1. The molecule has 2 atom stereocenters. The molecule has 1 saturated heterocycles. The Balaban J connectivity index is 2.01. The van der Waals surface area contributed by atoms with Gasteiger partial charge in [0.25, 0.3) is 0 Å². The van der Waals surface area contributed by atoms with E-state index in [1.54, 1.807) is 0 Å². The Hall–Kier alpha value is -1.88. The predicted molar refractivity (Wildman–Crippen MR) is 78.6 cm³/mol. The summed E-state index contributed by atoms with van der Waals surface area (Å²) in [6.45, 7) is 2.99. The smallest absolute Gasteiger partial charge is 0.170 e. The third-order valence-corrected chi connectivity index (χ3v) is 3.83. The molecule has 0 aliphatic carbocycles. The lowest BCUT2D eigenvalue weighted by molar-refractivity contribution is 0.325. The highest BCUT2D eigenvalue weighted by Gasteiger charge is 2.39. The molecular weight excluding hydrogens is 256 g/mol. The van der Waals surface area contributed by atoms with Gasteiger partial charge in [-0.1, -0.05) is 6.07 Å². The molecule has 4 nitrogen and oxygen atoms in total. The summed E-state index contributed by atoms with van der Waals surface area (Å²) in [7, 11) is 0. The van der Waals surface area contributed by atoms with E-state index >= 15 is 0 Å². The first-order valence-corrected chi connectivity index (χ1v) is 6.83. The molecular formula is C14H16N4S. The van der Waals surface area contributed by atoms with E-state index in [-0.39, 0.29) is 12.1 Å². The number of hydrogen-bond donors (Lipinski definition) is 2. The van der Waals surface area contributed by atoms with Crippen molar-refractivity contribution in [3.8, 4) is 0 Å². The summed E-state index contributed by atoms with van der Waals surface area (Å²) in [6.07, 6.45) is 3.76. The summed E-state index contributed by atoms with van der Waals surface area (Å²) < 4.78 is 0. The van der Waals surface area contributed by atoms with Crippen molar-refractivity contribution in [2.45, 2.75) is 19.0 Å². The number of pyridine rings is 1. The van der Waals surface area contributed by atoms with Gasteiger partial charge in [-0.3, -0.25) is 4.98 Å². The number of aromatic nitrogens is 2. The summed E-state index contributed by atoms with van der Waals surface area (Å²) in [5.41, 5.74) is 2.17. The standard InChI is InChI=1S/C14H16N4S/c1-2-18-13(11-7-5-9-16-11)12(17-14(18)19)10-6-3-4-8-15-10/h3-9,12-13,16H,2H2,1H3,(H,17,19)/t12-,13+/m0/s1. The van der Waals surface area contributed by atoms with Crippen LogP contribution in [0, 0.1) is 0 Å². The van der Waals surface area contributed by atoms with E-state index in [0.29, 0.717) is 0 Å². The Morgan fingerprint density at radius 2 is 2.21 bits per heavy atom.